The predicted molar refractivity (Wildman–Crippen MR) is 68.6 cm³/mol. The number of carbonyl (C=O) groups is 2. The van der Waals surface area contributed by atoms with Gasteiger partial charge in [-0.2, -0.15) is 0 Å². The van der Waals surface area contributed by atoms with Crippen LogP contribution in [0.25, 0.3) is 0 Å². The molecule has 0 aliphatic heterocycles. The average molecular weight is 288 g/mol. The van der Waals surface area contributed by atoms with E-state index < -0.39 is 11.9 Å². The molecule has 0 spiro atoms. The first-order valence-electron chi connectivity index (χ1n) is 5.36. The van der Waals surface area contributed by atoms with Gasteiger partial charge < -0.3 is 19.9 Å². The molecular formula is C12H14ClNO5. The number of esters is 1. The van der Waals surface area contributed by atoms with Crippen LogP contribution in [0.1, 0.15) is 16.8 Å². The molecule has 0 saturated carbocycles. The molecule has 1 aromatic carbocycles. The van der Waals surface area contributed by atoms with Crippen molar-refractivity contribution in [2.45, 2.75) is 6.42 Å². The zero-order chi connectivity index (χ0) is 14.4. The third-order valence-electron chi connectivity index (χ3n) is 2.25. The summed E-state index contributed by atoms with van der Waals surface area (Å²) in [5.74, 6) is -0.517. The summed E-state index contributed by atoms with van der Waals surface area (Å²) in [6.45, 7) is -0.0832. The quantitative estimate of drug-likeness (QED) is 0.799. The molecule has 0 radical (unpaired) electrons. The van der Waals surface area contributed by atoms with E-state index in [0.29, 0.717) is 11.5 Å². The van der Waals surface area contributed by atoms with Crippen LogP contribution in [0.3, 0.4) is 0 Å². The molecule has 0 aliphatic carbocycles. The van der Waals surface area contributed by atoms with E-state index in [1.54, 1.807) is 0 Å². The van der Waals surface area contributed by atoms with Gasteiger partial charge in [0, 0.05) is 0 Å². The van der Waals surface area contributed by atoms with Crippen molar-refractivity contribution in [2.75, 3.05) is 20.8 Å². The second-order valence-corrected chi connectivity index (χ2v) is 3.95. The molecular weight excluding hydrogens is 274 g/mol. The van der Waals surface area contributed by atoms with Crippen LogP contribution in [0, 0.1) is 0 Å². The summed E-state index contributed by atoms with van der Waals surface area (Å²) in [6.07, 6.45) is -0.0350. The number of rotatable bonds is 6. The van der Waals surface area contributed by atoms with Gasteiger partial charge in [-0.05, 0) is 12.1 Å². The summed E-state index contributed by atoms with van der Waals surface area (Å²) in [5.41, 5.74) is 5.14. The second kappa shape index (κ2) is 6.84. The van der Waals surface area contributed by atoms with Crippen LogP contribution in [0.15, 0.2) is 12.1 Å². The Balaban J connectivity index is 2.86. The van der Waals surface area contributed by atoms with E-state index in [9.17, 15) is 9.59 Å². The van der Waals surface area contributed by atoms with E-state index in [-0.39, 0.29) is 23.6 Å². The molecule has 2 N–H and O–H groups in total. The lowest BCUT2D eigenvalue weighted by Gasteiger charge is -2.11. The number of halogens is 1. The third-order valence-corrected chi connectivity index (χ3v) is 2.53. The highest BCUT2D eigenvalue weighted by molar-refractivity contribution is 6.32. The highest BCUT2D eigenvalue weighted by Crippen LogP contribution is 2.36. The molecule has 0 atom stereocenters. The van der Waals surface area contributed by atoms with Gasteiger partial charge in [-0.25, -0.2) is 4.79 Å². The number of benzene rings is 1. The minimum Gasteiger partial charge on any atom is -0.493 e. The summed E-state index contributed by atoms with van der Waals surface area (Å²) in [4.78, 5) is 22.2. The molecule has 0 fully saturated rings. The van der Waals surface area contributed by atoms with Crippen LogP contribution < -0.4 is 15.2 Å². The Bertz CT molecular complexity index is 489. The van der Waals surface area contributed by atoms with Crippen molar-refractivity contribution in [3.8, 4) is 11.5 Å². The van der Waals surface area contributed by atoms with Crippen LogP contribution in [-0.2, 0) is 9.53 Å². The van der Waals surface area contributed by atoms with Gasteiger partial charge in [-0.15, -0.1) is 0 Å². The fourth-order valence-electron chi connectivity index (χ4n) is 1.36. The summed E-state index contributed by atoms with van der Waals surface area (Å²) < 4.78 is 15.0. The van der Waals surface area contributed by atoms with Gasteiger partial charge in [0.1, 0.15) is 6.61 Å². The third kappa shape index (κ3) is 4.03. The molecule has 1 aromatic rings. The molecule has 0 unspecified atom stereocenters. The maximum absolute atomic E-state index is 11.7. The topological polar surface area (TPSA) is 87.9 Å². The van der Waals surface area contributed by atoms with Gasteiger partial charge in [-0.3, -0.25) is 4.79 Å². The Kier molecular flexibility index (Phi) is 5.44. The lowest BCUT2D eigenvalue weighted by molar-refractivity contribution is -0.118. The first-order chi connectivity index (χ1) is 8.99. The molecule has 0 heterocycles. The molecule has 7 heteroatoms. The van der Waals surface area contributed by atoms with Crippen molar-refractivity contribution < 1.29 is 23.8 Å². The number of ether oxygens (including phenoxy) is 3. The molecule has 0 saturated heterocycles. The second-order valence-electron chi connectivity index (χ2n) is 3.55. The first kappa shape index (κ1) is 15.1. The van der Waals surface area contributed by atoms with E-state index in [0.717, 1.165) is 0 Å². The maximum Gasteiger partial charge on any atom is 0.338 e. The van der Waals surface area contributed by atoms with Crippen molar-refractivity contribution in [1.82, 2.24) is 0 Å². The van der Waals surface area contributed by atoms with E-state index in [2.05, 4.69) is 0 Å². The monoisotopic (exact) mass is 287 g/mol. The van der Waals surface area contributed by atoms with Crippen molar-refractivity contribution >= 4 is 23.5 Å². The summed E-state index contributed by atoms with van der Waals surface area (Å²) in [6, 6.07) is 2.84. The van der Waals surface area contributed by atoms with Crippen LogP contribution >= 0.6 is 11.6 Å². The minimum atomic E-state index is -0.621. The fraction of sp³-hybridized carbons (Fsp3) is 0.333. The van der Waals surface area contributed by atoms with Gasteiger partial charge in [0.2, 0.25) is 5.91 Å². The predicted octanol–water partition coefficient (Wildman–Crippen LogP) is 1.39. The summed E-state index contributed by atoms with van der Waals surface area (Å²) >= 11 is 5.96. The Morgan fingerprint density at radius 3 is 2.47 bits per heavy atom. The van der Waals surface area contributed by atoms with Gasteiger partial charge in [0.05, 0.1) is 31.2 Å². The van der Waals surface area contributed by atoms with Gasteiger partial charge >= 0.3 is 5.97 Å². The van der Waals surface area contributed by atoms with Gasteiger partial charge in [0.25, 0.3) is 0 Å². The summed E-state index contributed by atoms with van der Waals surface area (Å²) in [7, 11) is 2.87. The SMILES string of the molecule is COc1cc(C(=O)OCCC(N)=O)cc(Cl)c1OC. The molecule has 0 aromatic heterocycles. The van der Waals surface area contributed by atoms with Gasteiger partial charge in [0.15, 0.2) is 11.5 Å². The Morgan fingerprint density at radius 2 is 1.95 bits per heavy atom. The van der Waals surface area contributed by atoms with Crippen molar-refractivity contribution in [3.05, 3.63) is 22.7 Å². The van der Waals surface area contributed by atoms with Crippen molar-refractivity contribution in [2.24, 2.45) is 5.73 Å². The minimum absolute atomic E-state index is 0.0350. The Labute approximate surface area is 115 Å². The van der Waals surface area contributed by atoms with E-state index >= 15 is 0 Å². The molecule has 1 rings (SSSR count). The summed E-state index contributed by atoms with van der Waals surface area (Å²) in [5, 5.41) is 0.226. The number of methoxy groups -OCH3 is 2. The van der Waals surface area contributed by atoms with Crippen molar-refractivity contribution in [3.63, 3.8) is 0 Å². The molecule has 19 heavy (non-hydrogen) atoms. The van der Waals surface area contributed by atoms with Gasteiger partial charge in [-0.1, -0.05) is 11.6 Å². The van der Waals surface area contributed by atoms with Crippen molar-refractivity contribution in [1.29, 1.82) is 0 Å². The van der Waals surface area contributed by atoms with E-state index in [4.69, 9.17) is 31.5 Å². The molecule has 1 amide bonds. The van der Waals surface area contributed by atoms with Crippen LogP contribution in [0.2, 0.25) is 5.02 Å². The first-order valence-corrected chi connectivity index (χ1v) is 5.74. The number of hydrogen-bond donors (Lipinski definition) is 1. The Hall–Kier alpha value is -1.95. The number of nitrogens with two attached hydrogens (primary N) is 1. The highest BCUT2D eigenvalue weighted by Gasteiger charge is 2.16. The van der Waals surface area contributed by atoms with Crippen LogP contribution in [-0.4, -0.2) is 32.7 Å². The normalized spacial score (nSPS) is 9.84. The molecule has 6 nitrogen and oxygen atoms in total. The smallest absolute Gasteiger partial charge is 0.338 e. The fourth-order valence-corrected chi connectivity index (χ4v) is 1.65. The average Bonchev–Trinajstić information content (AvgIpc) is 2.37. The van der Waals surface area contributed by atoms with Crippen LogP contribution in [0.5, 0.6) is 11.5 Å². The largest absolute Gasteiger partial charge is 0.493 e. The van der Waals surface area contributed by atoms with Crippen LogP contribution in [0.4, 0.5) is 0 Å². The maximum atomic E-state index is 11.7. The standard InChI is InChI=1S/C12H14ClNO5/c1-17-9-6-7(5-8(13)11(9)18-2)12(16)19-4-3-10(14)15/h5-6H,3-4H2,1-2H3,(H2,14,15). The molecule has 104 valence electrons. The number of carbonyl (C=O) groups excluding carboxylic acids is 2. The molecule has 0 aliphatic rings. The molecule has 0 bridgehead atoms. The number of amides is 1. The zero-order valence-electron chi connectivity index (χ0n) is 10.6. The number of hydrogen-bond acceptors (Lipinski definition) is 5. The number of primary amides is 1. The lowest BCUT2D eigenvalue weighted by Crippen LogP contribution is -2.15. The van der Waals surface area contributed by atoms with E-state index in [1.807, 2.05) is 0 Å². The van der Waals surface area contributed by atoms with E-state index in [1.165, 1.54) is 26.4 Å². The highest BCUT2D eigenvalue weighted by atomic mass is 35.5. The Morgan fingerprint density at radius 1 is 1.26 bits per heavy atom. The zero-order valence-corrected chi connectivity index (χ0v) is 11.3. The lowest BCUT2D eigenvalue weighted by atomic mass is 10.2.